The van der Waals surface area contributed by atoms with Crippen LogP contribution in [-0.4, -0.2) is 34.3 Å². The van der Waals surface area contributed by atoms with Gasteiger partial charge in [0.25, 0.3) is 10.0 Å². The topological polar surface area (TPSA) is 103 Å². The minimum atomic E-state index is -3.93. The van der Waals surface area contributed by atoms with E-state index in [4.69, 9.17) is 14.2 Å². The zero-order valence-electron chi connectivity index (χ0n) is 16.0. The van der Waals surface area contributed by atoms with E-state index in [0.29, 0.717) is 30.4 Å². The molecule has 28 heavy (non-hydrogen) atoms. The van der Waals surface area contributed by atoms with Crippen LogP contribution in [0, 0.1) is 0 Å². The lowest BCUT2D eigenvalue weighted by Crippen LogP contribution is -2.17. The van der Waals surface area contributed by atoms with Gasteiger partial charge in [0, 0.05) is 0 Å². The molecule has 0 saturated carbocycles. The lowest BCUT2D eigenvalue weighted by molar-refractivity contribution is 0.167. The highest BCUT2D eigenvalue weighted by molar-refractivity contribution is 7.92. The molecular weight excluding hydrogens is 384 g/mol. The number of ether oxygens (including phenoxy) is 3. The number of para-hydroxylation sites is 2. The zero-order valence-corrected chi connectivity index (χ0v) is 16.8. The number of hydrogen-bond acceptors (Lipinski definition) is 6. The van der Waals surface area contributed by atoms with Gasteiger partial charge in [-0.2, -0.15) is 0 Å². The third-order valence-electron chi connectivity index (χ3n) is 3.50. The van der Waals surface area contributed by atoms with Crippen molar-refractivity contribution in [3.05, 3.63) is 42.5 Å². The molecule has 2 rings (SSSR count). The number of carbonyl (C=O) groups excluding carboxylic acids is 1. The van der Waals surface area contributed by atoms with Gasteiger partial charge in [-0.25, -0.2) is 13.2 Å². The van der Waals surface area contributed by atoms with Crippen molar-refractivity contribution >= 4 is 27.5 Å². The first-order valence-electron chi connectivity index (χ1n) is 8.86. The number of carbonyl (C=O) groups is 1. The molecule has 2 aromatic rings. The van der Waals surface area contributed by atoms with Crippen LogP contribution in [0.15, 0.2) is 47.4 Å². The van der Waals surface area contributed by atoms with Crippen molar-refractivity contribution in [3.8, 4) is 11.5 Å². The monoisotopic (exact) mass is 408 g/mol. The number of rotatable bonds is 9. The molecule has 0 radical (unpaired) electrons. The number of sulfonamides is 1. The van der Waals surface area contributed by atoms with E-state index in [9.17, 15) is 13.2 Å². The molecule has 0 spiro atoms. The van der Waals surface area contributed by atoms with Crippen molar-refractivity contribution in [3.63, 3.8) is 0 Å². The van der Waals surface area contributed by atoms with Crippen molar-refractivity contribution in [2.45, 2.75) is 25.7 Å². The van der Waals surface area contributed by atoms with Crippen LogP contribution in [0.2, 0.25) is 0 Å². The summed E-state index contributed by atoms with van der Waals surface area (Å²) in [7, 11) is -3.93. The first-order valence-corrected chi connectivity index (χ1v) is 10.3. The van der Waals surface area contributed by atoms with Crippen LogP contribution in [0.1, 0.15) is 20.8 Å². The van der Waals surface area contributed by atoms with Gasteiger partial charge in [0.1, 0.15) is 11.5 Å². The molecule has 0 saturated heterocycles. The van der Waals surface area contributed by atoms with Crippen molar-refractivity contribution in [1.29, 1.82) is 0 Å². The Morgan fingerprint density at radius 2 is 1.54 bits per heavy atom. The highest BCUT2D eigenvalue weighted by atomic mass is 32.2. The number of hydrogen-bond donors (Lipinski definition) is 2. The van der Waals surface area contributed by atoms with Gasteiger partial charge in [-0.05, 0) is 51.1 Å². The van der Waals surface area contributed by atoms with Crippen LogP contribution in [0.4, 0.5) is 16.2 Å². The summed E-state index contributed by atoms with van der Waals surface area (Å²) in [6.45, 7) is 6.20. The normalized spacial score (nSPS) is 10.8. The number of anilines is 2. The van der Waals surface area contributed by atoms with E-state index in [1.807, 2.05) is 6.92 Å². The Bertz CT molecular complexity index is 914. The Morgan fingerprint density at radius 1 is 0.893 bits per heavy atom. The second-order valence-corrected chi connectivity index (χ2v) is 7.15. The van der Waals surface area contributed by atoms with Gasteiger partial charge in [-0.1, -0.05) is 12.1 Å². The van der Waals surface area contributed by atoms with Crippen LogP contribution in [0.25, 0.3) is 0 Å². The van der Waals surface area contributed by atoms with E-state index < -0.39 is 16.1 Å². The summed E-state index contributed by atoms with van der Waals surface area (Å²) in [5.74, 6) is 0.758. The van der Waals surface area contributed by atoms with E-state index in [1.54, 1.807) is 38.1 Å². The lowest BCUT2D eigenvalue weighted by atomic mass is 10.3. The Kier molecular flexibility index (Phi) is 7.51. The Labute approximate surface area is 164 Å². The van der Waals surface area contributed by atoms with Gasteiger partial charge < -0.3 is 14.2 Å². The first kappa shape index (κ1) is 21.4. The fourth-order valence-corrected chi connectivity index (χ4v) is 3.46. The molecule has 0 bridgehead atoms. The minimum absolute atomic E-state index is 0.0472. The van der Waals surface area contributed by atoms with E-state index >= 15 is 0 Å². The third-order valence-corrected chi connectivity index (χ3v) is 4.87. The van der Waals surface area contributed by atoms with Crippen molar-refractivity contribution in [1.82, 2.24) is 0 Å². The van der Waals surface area contributed by atoms with Crippen LogP contribution in [-0.2, 0) is 14.8 Å². The molecular formula is C19H24N2O6S. The molecule has 0 aromatic heterocycles. The van der Waals surface area contributed by atoms with Crippen molar-refractivity contribution in [2.75, 3.05) is 29.9 Å². The molecule has 0 fully saturated rings. The predicted octanol–water partition coefficient (Wildman–Crippen LogP) is 3.85. The summed E-state index contributed by atoms with van der Waals surface area (Å²) in [4.78, 5) is 11.7. The minimum Gasteiger partial charge on any atom is -0.492 e. The highest BCUT2D eigenvalue weighted by Crippen LogP contribution is 2.31. The number of amides is 1. The second kappa shape index (κ2) is 9.84. The zero-order chi connectivity index (χ0) is 20.6. The lowest BCUT2D eigenvalue weighted by Gasteiger charge is -2.15. The fourth-order valence-electron chi connectivity index (χ4n) is 2.37. The Morgan fingerprint density at radius 3 is 2.18 bits per heavy atom. The van der Waals surface area contributed by atoms with E-state index in [1.165, 1.54) is 18.2 Å². The predicted molar refractivity (Wildman–Crippen MR) is 107 cm³/mol. The maximum absolute atomic E-state index is 12.8. The third kappa shape index (κ3) is 5.53. The summed E-state index contributed by atoms with van der Waals surface area (Å²) in [5, 5.41) is 2.50. The molecule has 2 aromatic carbocycles. The molecule has 0 aliphatic carbocycles. The van der Waals surface area contributed by atoms with Crippen LogP contribution in [0.3, 0.4) is 0 Å². The van der Waals surface area contributed by atoms with Crippen LogP contribution >= 0.6 is 0 Å². The SMILES string of the molecule is CCOC(=O)Nc1cc(S(=O)(=O)Nc2ccccc2OCC)ccc1OCC. The summed E-state index contributed by atoms with van der Waals surface area (Å²) in [5.41, 5.74) is 0.513. The van der Waals surface area contributed by atoms with E-state index in [0.717, 1.165) is 0 Å². The smallest absolute Gasteiger partial charge is 0.411 e. The van der Waals surface area contributed by atoms with Gasteiger partial charge in [-0.3, -0.25) is 10.0 Å². The van der Waals surface area contributed by atoms with Crippen LogP contribution in [0.5, 0.6) is 11.5 Å². The fraction of sp³-hybridized carbons (Fsp3) is 0.316. The van der Waals surface area contributed by atoms with E-state index in [-0.39, 0.29) is 17.2 Å². The van der Waals surface area contributed by atoms with Crippen molar-refractivity contribution < 1.29 is 27.4 Å². The molecule has 0 aliphatic heterocycles. The van der Waals surface area contributed by atoms with Crippen LogP contribution < -0.4 is 19.5 Å². The number of benzene rings is 2. The molecule has 0 atom stereocenters. The Hall–Kier alpha value is -2.94. The maximum atomic E-state index is 12.8. The average molecular weight is 408 g/mol. The molecule has 8 nitrogen and oxygen atoms in total. The van der Waals surface area contributed by atoms with Gasteiger partial charge in [0.15, 0.2) is 0 Å². The molecule has 0 aliphatic rings. The Balaban J connectivity index is 2.36. The summed E-state index contributed by atoms with van der Waals surface area (Å²) < 4.78 is 43.9. The summed E-state index contributed by atoms with van der Waals surface area (Å²) in [6.07, 6.45) is -0.701. The van der Waals surface area contributed by atoms with Gasteiger partial charge in [-0.15, -0.1) is 0 Å². The summed E-state index contributed by atoms with van der Waals surface area (Å²) in [6, 6.07) is 10.9. The first-order chi connectivity index (χ1) is 13.4. The van der Waals surface area contributed by atoms with E-state index in [2.05, 4.69) is 10.0 Å². The molecule has 0 unspecified atom stereocenters. The highest BCUT2D eigenvalue weighted by Gasteiger charge is 2.19. The van der Waals surface area contributed by atoms with Crippen molar-refractivity contribution in [2.24, 2.45) is 0 Å². The molecule has 2 N–H and O–H groups in total. The van der Waals surface area contributed by atoms with Gasteiger partial charge in [0.05, 0.1) is 36.1 Å². The molecule has 1 amide bonds. The standard InChI is InChI=1S/C19H24N2O6S/c1-4-25-17-10-8-7-9-15(17)21-28(23,24)14-11-12-18(26-5-2)16(13-14)20-19(22)27-6-3/h7-13,21H,4-6H2,1-3H3,(H,20,22). The second-order valence-electron chi connectivity index (χ2n) is 5.47. The molecule has 0 heterocycles. The van der Waals surface area contributed by atoms with Gasteiger partial charge >= 0.3 is 6.09 Å². The quantitative estimate of drug-likeness (QED) is 0.653. The van der Waals surface area contributed by atoms with Gasteiger partial charge in [0.2, 0.25) is 0 Å². The average Bonchev–Trinajstić information content (AvgIpc) is 2.65. The molecule has 152 valence electrons. The maximum Gasteiger partial charge on any atom is 0.411 e. The summed E-state index contributed by atoms with van der Waals surface area (Å²) >= 11 is 0. The number of nitrogens with one attached hydrogen (secondary N) is 2. The molecule has 9 heteroatoms. The largest absolute Gasteiger partial charge is 0.492 e.